The van der Waals surface area contributed by atoms with Crippen LogP contribution >= 0.6 is 0 Å². The summed E-state index contributed by atoms with van der Waals surface area (Å²) in [5.41, 5.74) is 1.40. The Hall–Kier alpha value is -2.74. The van der Waals surface area contributed by atoms with Gasteiger partial charge in [0.1, 0.15) is 11.9 Å². The van der Waals surface area contributed by atoms with Crippen LogP contribution in [-0.4, -0.2) is 31.2 Å². The van der Waals surface area contributed by atoms with Crippen LogP contribution in [0.4, 0.5) is 0 Å². The van der Waals surface area contributed by atoms with E-state index < -0.39 is 16.1 Å². The fraction of sp³-hybridized carbons (Fsp3) is 0.188. The monoisotopic (exact) mass is 344 g/mol. The Morgan fingerprint density at radius 1 is 1.25 bits per heavy atom. The van der Waals surface area contributed by atoms with Crippen molar-refractivity contribution < 1.29 is 13.2 Å². The van der Waals surface area contributed by atoms with Crippen molar-refractivity contribution >= 4 is 21.8 Å². The highest BCUT2D eigenvalue weighted by Gasteiger charge is 2.31. The lowest BCUT2D eigenvalue weighted by atomic mass is 10.2. The number of aromatic nitrogens is 1. The van der Waals surface area contributed by atoms with Gasteiger partial charge in [-0.1, -0.05) is 12.1 Å². The zero-order valence-electron chi connectivity index (χ0n) is 12.9. The van der Waals surface area contributed by atoms with Crippen LogP contribution in [0, 0.1) is 0 Å². The highest BCUT2D eigenvalue weighted by Crippen LogP contribution is 2.22. The average Bonchev–Trinajstić information content (AvgIpc) is 2.84. The van der Waals surface area contributed by atoms with Crippen molar-refractivity contribution in [2.45, 2.75) is 24.4 Å². The summed E-state index contributed by atoms with van der Waals surface area (Å²) in [4.78, 5) is 20.5. The van der Waals surface area contributed by atoms with Gasteiger partial charge >= 0.3 is 0 Å². The van der Waals surface area contributed by atoms with E-state index in [1.54, 1.807) is 49.6 Å². The van der Waals surface area contributed by atoms with Gasteiger partial charge in [0.05, 0.1) is 4.90 Å². The van der Waals surface area contributed by atoms with E-state index in [0.717, 1.165) is 5.56 Å². The number of amides is 1. The minimum Gasteiger partial charge on any atom is -0.350 e. The van der Waals surface area contributed by atoms with Crippen molar-refractivity contribution in [2.24, 2.45) is 4.99 Å². The quantitative estimate of drug-likeness (QED) is 0.858. The normalized spacial score (nSPS) is 17.8. The van der Waals surface area contributed by atoms with Crippen molar-refractivity contribution in [2.75, 3.05) is 0 Å². The zero-order valence-corrected chi connectivity index (χ0v) is 13.7. The van der Waals surface area contributed by atoms with Gasteiger partial charge in [-0.25, -0.2) is 8.42 Å². The molecule has 1 aliphatic rings. The number of nitrogens with zero attached hydrogens (tertiary/aromatic N) is 2. The molecule has 0 spiro atoms. The van der Waals surface area contributed by atoms with Crippen LogP contribution in [-0.2, 0) is 21.4 Å². The van der Waals surface area contributed by atoms with Gasteiger partial charge in [-0.2, -0.15) is 0 Å². The molecule has 8 heteroatoms. The second-order valence-electron chi connectivity index (χ2n) is 5.33. The molecule has 1 amide bonds. The summed E-state index contributed by atoms with van der Waals surface area (Å²) in [6.07, 6.45) is 3.30. The van der Waals surface area contributed by atoms with Crippen LogP contribution in [0.3, 0.4) is 0 Å². The molecule has 1 aliphatic heterocycles. The molecule has 0 fully saturated rings. The number of aliphatic imine (C=N–C) groups is 1. The number of nitrogens with one attached hydrogen (secondary N) is 2. The Balaban J connectivity index is 1.73. The van der Waals surface area contributed by atoms with Crippen LogP contribution in [0.2, 0.25) is 0 Å². The Kier molecular flexibility index (Phi) is 4.30. The van der Waals surface area contributed by atoms with Gasteiger partial charge in [0.15, 0.2) is 0 Å². The topological polar surface area (TPSA) is 101 Å². The zero-order chi connectivity index (χ0) is 17.2. The lowest BCUT2D eigenvalue weighted by Crippen LogP contribution is -2.33. The molecule has 24 heavy (non-hydrogen) atoms. The summed E-state index contributed by atoms with van der Waals surface area (Å²) < 4.78 is 26.4. The SMILES string of the molecule is C[C@@H](N=C1NS(=O)(=O)c2ccccc21)C(=O)NCc1ccncc1. The van der Waals surface area contributed by atoms with Gasteiger partial charge in [0.2, 0.25) is 5.91 Å². The number of benzene rings is 1. The molecule has 0 saturated carbocycles. The van der Waals surface area contributed by atoms with Gasteiger partial charge in [0.25, 0.3) is 10.0 Å². The molecule has 1 aromatic heterocycles. The fourth-order valence-corrected chi connectivity index (χ4v) is 3.56. The van der Waals surface area contributed by atoms with E-state index in [9.17, 15) is 13.2 Å². The number of amidine groups is 1. The van der Waals surface area contributed by atoms with Gasteiger partial charge in [0, 0.05) is 24.5 Å². The highest BCUT2D eigenvalue weighted by atomic mass is 32.2. The van der Waals surface area contributed by atoms with Crippen LogP contribution in [0.25, 0.3) is 0 Å². The third-order valence-corrected chi connectivity index (χ3v) is 4.98. The molecule has 0 saturated heterocycles. The molecule has 1 aromatic carbocycles. The van der Waals surface area contributed by atoms with E-state index in [4.69, 9.17) is 0 Å². The molecule has 0 unspecified atom stereocenters. The maximum Gasteiger partial charge on any atom is 0.263 e. The first-order valence-corrected chi connectivity index (χ1v) is 8.82. The molecule has 3 rings (SSSR count). The maximum atomic E-state index is 12.2. The summed E-state index contributed by atoms with van der Waals surface area (Å²) in [5, 5.41) is 2.77. The Morgan fingerprint density at radius 2 is 1.96 bits per heavy atom. The second kappa shape index (κ2) is 6.40. The van der Waals surface area contributed by atoms with Crippen LogP contribution in [0.1, 0.15) is 18.1 Å². The fourth-order valence-electron chi connectivity index (χ4n) is 2.32. The van der Waals surface area contributed by atoms with Crippen molar-refractivity contribution in [1.82, 2.24) is 15.0 Å². The number of carbonyl (C=O) groups is 1. The van der Waals surface area contributed by atoms with E-state index in [2.05, 4.69) is 20.0 Å². The first kappa shape index (κ1) is 16.1. The lowest BCUT2D eigenvalue weighted by molar-refractivity contribution is -0.122. The van der Waals surface area contributed by atoms with Gasteiger partial charge < -0.3 is 5.32 Å². The summed E-state index contributed by atoms with van der Waals surface area (Å²) >= 11 is 0. The average molecular weight is 344 g/mol. The number of hydrogen-bond acceptors (Lipinski definition) is 5. The number of carbonyl (C=O) groups excluding carboxylic acids is 1. The summed E-state index contributed by atoms with van der Waals surface area (Å²) in [6, 6.07) is 9.42. The number of rotatable bonds is 4. The van der Waals surface area contributed by atoms with E-state index in [1.807, 2.05) is 0 Å². The van der Waals surface area contributed by atoms with Gasteiger partial charge in [-0.15, -0.1) is 0 Å². The largest absolute Gasteiger partial charge is 0.350 e. The van der Waals surface area contributed by atoms with Gasteiger partial charge in [-0.3, -0.25) is 19.5 Å². The lowest BCUT2D eigenvalue weighted by Gasteiger charge is -2.09. The molecule has 2 N–H and O–H groups in total. The van der Waals surface area contributed by atoms with E-state index in [1.165, 1.54) is 6.07 Å². The predicted octanol–water partition coefficient (Wildman–Crippen LogP) is 0.825. The molecular formula is C16H16N4O3S. The Morgan fingerprint density at radius 3 is 2.71 bits per heavy atom. The smallest absolute Gasteiger partial charge is 0.263 e. The number of fused-ring (bicyclic) bond motifs is 1. The molecule has 124 valence electrons. The molecule has 0 aliphatic carbocycles. The number of sulfonamides is 1. The predicted molar refractivity (Wildman–Crippen MR) is 88.8 cm³/mol. The molecule has 2 aromatic rings. The third kappa shape index (κ3) is 3.28. The number of hydrogen-bond donors (Lipinski definition) is 2. The molecule has 2 heterocycles. The minimum atomic E-state index is -3.60. The molecule has 7 nitrogen and oxygen atoms in total. The molecular weight excluding hydrogens is 328 g/mol. The molecule has 0 radical (unpaired) electrons. The first-order chi connectivity index (χ1) is 11.5. The summed E-state index contributed by atoms with van der Waals surface area (Å²) in [6.45, 7) is 1.98. The van der Waals surface area contributed by atoms with E-state index in [0.29, 0.717) is 12.1 Å². The minimum absolute atomic E-state index is 0.174. The standard InChI is InChI=1S/C16H16N4O3S/c1-11(16(21)18-10-12-6-8-17-9-7-12)19-15-13-4-2-3-5-14(13)24(22,23)20-15/h2-9,11H,10H2,1H3,(H,18,21)(H,19,20)/t11-/m1/s1. The van der Waals surface area contributed by atoms with E-state index in [-0.39, 0.29) is 16.6 Å². The summed E-state index contributed by atoms with van der Waals surface area (Å²) in [7, 11) is -3.60. The molecule has 0 bridgehead atoms. The van der Waals surface area contributed by atoms with Crippen molar-refractivity contribution in [3.63, 3.8) is 0 Å². The van der Waals surface area contributed by atoms with Gasteiger partial charge in [-0.05, 0) is 36.8 Å². The van der Waals surface area contributed by atoms with Crippen molar-refractivity contribution in [3.05, 3.63) is 59.9 Å². The first-order valence-electron chi connectivity index (χ1n) is 7.34. The second-order valence-corrected chi connectivity index (χ2v) is 6.98. The van der Waals surface area contributed by atoms with Crippen molar-refractivity contribution in [1.29, 1.82) is 0 Å². The van der Waals surface area contributed by atoms with Crippen LogP contribution in [0.5, 0.6) is 0 Å². The highest BCUT2D eigenvalue weighted by molar-refractivity contribution is 7.90. The van der Waals surface area contributed by atoms with Crippen LogP contribution in [0.15, 0.2) is 58.7 Å². The Labute approximate surface area is 139 Å². The van der Waals surface area contributed by atoms with Crippen molar-refractivity contribution in [3.8, 4) is 0 Å². The molecule has 1 atom stereocenters. The van der Waals surface area contributed by atoms with Crippen LogP contribution < -0.4 is 10.0 Å². The third-order valence-electron chi connectivity index (χ3n) is 3.58. The van der Waals surface area contributed by atoms with E-state index >= 15 is 0 Å². The maximum absolute atomic E-state index is 12.2. The number of pyridine rings is 1. The summed E-state index contributed by atoms with van der Waals surface area (Å²) in [5.74, 6) is -0.0972. The Bertz CT molecular complexity index is 895.